The van der Waals surface area contributed by atoms with Crippen LogP contribution in [0.25, 0.3) is 0 Å². The lowest BCUT2D eigenvalue weighted by molar-refractivity contribution is 0.306. The zero-order valence-corrected chi connectivity index (χ0v) is 11.9. The number of ether oxygens (including phenoxy) is 1. The summed E-state index contributed by atoms with van der Waals surface area (Å²) in [6, 6.07) is 14.5. The highest BCUT2D eigenvalue weighted by Gasteiger charge is 2.26. The normalized spacial score (nSPS) is 17.4. The topological polar surface area (TPSA) is 9.23 Å². The lowest BCUT2D eigenvalue weighted by Gasteiger charge is -2.22. The molecular weight excluding hydrogens is 256 g/mol. The molecule has 2 aromatic rings. The molecule has 1 aliphatic heterocycles. The third kappa shape index (κ3) is 2.23. The van der Waals surface area contributed by atoms with E-state index in [-0.39, 0.29) is 0 Å². The van der Waals surface area contributed by atoms with Crippen LogP contribution in [-0.4, -0.2) is 0 Å². The predicted molar refractivity (Wildman–Crippen MR) is 78.9 cm³/mol. The maximum Gasteiger partial charge on any atom is 0.123 e. The molecule has 0 aromatic heterocycles. The van der Waals surface area contributed by atoms with Gasteiger partial charge in [0.15, 0.2) is 0 Å². The highest BCUT2D eigenvalue weighted by atomic mass is 35.5. The Morgan fingerprint density at radius 3 is 2.68 bits per heavy atom. The lowest BCUT2D eigenvalue weighted by atomic mass is 9.81. The summed E-state index contributed by atoms with van der Waals surface area (Å²) in [5.74, 6) is 1.88. The molecule has 0 aliphatic carbocycles. The van der Waals surface area contributed by atoms with Crippen molar-refractivity contribution in [2.24, 2.45) is 5.92 Å². The fourth-order valence-electron chi connectivity index (χ4n) is 2.91. The third-order valence-corrected chi connectivity index (χ3v) is 3.98. The maximum absolute atomic E-state index is 6.11. The number of rotatable bonds is 1. The van der Waals surface area contributed by atoms with Crippen molar-refractivity contribution < 1.29 is 4.74 Å². The molecular formula is C17H17ClO. The average Bonchev–Trinajstić information content (AvgIpc) is 2.55. The molecule has 0 N–H and O–H groups in total. The molecule has 0 bridgehead atoms. The van der Waals surface area contributed by atoms with E-state index in [0.29, 0.717) is 18.4 Å². The van der Waals surface area contributed by atoms with Crippen molar-refractivity contribution in [1.82, 2.24) is 0 Å². The predicted octanol–water partition coefficient (Wildman–Crippen LogP) is 5.02. The molecule has 1 atom stereocenters. The van der Waals surface area contributed by atoms with Crippen molar-refractivity contribution in [1.29, 1.82) is 0 Å². The molecule has 3 rings (SSSR count). The van der Waals surface area contributed by atoms with E-state index in [1.807, 2.05) is 18.2 Å². The van der Waals surface area contributed by atoms with Gasteiger partial charge in [-0.3, -0.25) is 0 Å². The Bertz CT molecular complexity index is 604. The first-order valence-electron chi connectivity index (χ1n) is 6.67. The molecule has 1 nitrogen and oxygen atoms in total. The Kier molecular flexibility index (Phi) is 3.24. The number of benzene rings is 2. The van der Waals surface area contributed by atoms with Crippen LogP contribution in [0.5, 0.6) is 5.75 Å². The van der Waals surface area contributed by atoms with Crippen LogP contribution >= 0.6 is 11.6 Å². The first kappa shape index (κ1) is 12.6. The van der Waals surface area contributed by atoms with Gasteiger partial charge in [-0.2, -0.15) is 0 Å². The Morgan fingerprint density at radius 1 is 1.11 bits per heavy atom. The number of hydrogen-bond donors (Lipinski definition) is 0. The largest absolute Gasteiger partial charge is 0.489 e. The van der Waals surface area contributed by atoms with Crippen LogP contribution in [0, 0.1) is 5.92 Å². The van der Waals surface area contributed by atoms with Gasteiger partial charge >= 0.3 is 0 Å². The van der Waals surface area contributed by atoms with Crippen LogP contribution in [0.1, 0.15) is 36.5 Å². The summed E-state index contributed by atoms with van der Waals surface area (Å²) < 4.78 is 5.95. The van der Waals surface area contributed by atoms with Gasteiger partial charge in [0.05, 0.1) is 0 Å². The van der Waals surface area contributed by atoms with Gasteiger partial charge in [-0.15, -0.1) is 0 Å². The third-order valence-electron chi connectivity index (χ3n) is 3.74. The van der Waals surface area contributed by atoms with E-state index in [0.717, 1.165) is 10.8 Å². The SMILES string of the molecule is CC(C)C1c2ccc(Cl)cc2COc2ccccc21. The zero-order valence-electron chi connectivity index (χ0n) is 11.2. The lowest BCUT2D eigenvalue weighted by Crippen LogP contribution is -2.09. The molecule has 0 spiro atoms. The summed E-state index contributed by atoms with van der Waals surface area (Å²) >= 11 is 6.11. The number of para-hydroxylation sites is 1. The molecule has 19 heavy (non-hydrogen) atoms. The van der Waals surface area contributed by atoms with Crippen molar-refractivity contribution in [3.05, 3.63) is 64.2 Å². The van der Waals surface area contributed by atoms with E-state index in [1.54, 1.807) is 0 Å². The van der Waals surface area contributed by atoms with Crippen molar-refractivity contribution in [3.8, 4) is 5.75 Å². The van der Waals surface area contributed by atoms with Gasteiger partial charge in [0.1, 0.15) is 12.4 Å². The van der Waals surface area contributed by atoms with Crippen LogP contribution in [0.15, 0.2) is 42.5 Å². The Hall–Kier alpha value is -1.47. The van der Waals surface area contributed by atoms with Crippen LogP contribution < -0.4 is 4.74 Å². The minimum atomic E-state index is 0.367. The van der Waals surface area contributed by atoms with Crippen LogP contribution in [0.4, 0.5) is 0 Å². The molecule has 2 heteroatoms. The summed E-state index contributed by atoms with van der Waals surface area (Å²) in [6.07, 6.45) is 0. The van der Waals surface area contributed by atoms with E-state index in [2.05, 4.69) is 38.1 Å². The number of halogens is 1. The van der Waals surface area contributed by atoms with Gasteiger partial charge in [0.25, 0.3) is 0 Å². The summed E-state index contributed by atoms with van der Waals surface area (Å²) in [7, 11) is 0. The minimum Gasteiger partial charge on any atom is -0.489 e. The Morgan fingerprint density at radius 2 is 1.89 bits per heavy atom. The molecule has 0 amide bonds. The van der Waals surface area contributed by atoms with Gasteiger partial charge in [-0.25, -0.2) is 0 Å². The average molecular weight is 273 g/mol. The molecule has 0 radical (unpaired) electrons. The van der Waals surface area contributed by atoms with Gasteiger partial charge in [0.2, 0.25) is 0 Å². The van der Waals surface area contributed by atoms with E-state index >= 15 is 0 Å². The number of hydrogen-bond acceptors (Lipinski definition) is 1. The van der Waals surface area contributed by atoms with Crippen LogP contribution in [0.3, 0.4) is 0 Å². The van der Waals surface area contributed by atoms with Gasteiger partial charge in [-0.1, -0.05) is 49.7 Å². The first-order chi connectivity index (χ1) is 9.16. The fourth-order valence-corrected chi connectivity index (χ4v) is 3.11. The van der Waals surface area contributed by atoms with Gasteiger partial charge < -0.3 is 4.74 Å². The van der Waals surface area contributed by atoms with Gasteiger partial charge in [-0.05, 0) is 35.2 Å². The second-order valence-corrected chi connectivity index (χ2v) is 5.83. The van der Waals surface area contributed by atoms with Gasteiger partial charge in [0, 0.05) is 16.5 Å². The molecule has 1 heterocycles. The zero-order chi connectivity index (χ0) is 13.4. The Balaban J connectivity index is 2.21. The van der Waals surface area contributed by atoms with E-state index in [4.69, 9.17) is 16.3 Å². The molecule has 2 aromatic carbocycles. The quantitative estimate of drug-likeness (QED) is 0.708. The second-order valence-electron chi connectivity index (χ2n) is 5.39. The standard InChI is InChI=1S/C17H17ClO/c1-11(2)17-14-8-7-13(18)9-12(14)10-19-16-6-4-3-5-15(16)17/h3-9,11,17H,10H2,1-2H3. The van der Waals surface area contributed by atoms with Crippen molar-refractivity contribution in [3.63, 3.8) is 0 Å². The number of fused-ring (bicyclic) bond motifs is 2. The molecule has 98 valence electrons. The van der Waals surface area contributed by atoms with E-state index in [9.17, 15) is 0 Å². The minimum absolute atomic E-state index is 0.367. The highest BCUT2D eigenvalue weighted by Crippen LogP contribution is 2.41. The second kappa shape index (κ2) is 4.90. The highest BCUT2D eigenvalue weighted by molar-refractivity contribution is 6.30. The summed E-state index contributed by atoms with van der Waals surface area (Å²) in [5, 5.41) is 0.774. The van der Waals surface area contributed by atoms with Crippen LogP contribution in [0.2, 0.25) is 5.02 Å². The fraction of sp³-hybridized carbons (Fsp3) is 0.294. The summed E-state index contributed by atoms with van der Waals surface area (Å²) in [5.41, 5.74) is 3.81. The van der Waals surface area contributed by atoms with Crippen molar-refractivity contribution >= 4 is 11.6 Å². The first-order valence-corrected chi connectivity index (χ1v) is 7.04. The molecule has 1 aliphatic rings. The van der Waals surface area contributed by atoms with E-state index in [1.165, 1.54) is 16.7 Å². The van der Waals surface area contributed by atoms with E-state index < -0.39 is 0 Å². The molecule has 0 saturated heterocycles. The van der Waals surface area contributed by atoms with Crippen molar-refractivity contribution in [2.45, 2.75) is 26.4 Å². The Labute approximate surface area is 119 Å². The van der Waals surface area contributed by atoms with Crippen LogP contribution in [-0.2, 0) is 6.61 Å². The summed E-state index contributed by atoms with van der Waals surface area (Å²) in [4.78, 5) is 0. The monoisotopic (exact) mass is 272 g/mol. The molecule has 1 unspecified atom stereocenters. The molecule has 0 saturated carbocycles. The smallest absolute Gasteiger partial charge is 0.123 e. The van der Waals surface area contributed by atoms with Crippen molar-refractivity contribution in [2.75, 3.05) is 0 Å². The maximum atomic E-state index is 6.11. The summed E-state index contributed by atoms with van der Waals surface area (Å²) in [6.45, 7) is 5.10. The molecule has 0 fully saturated rings.